The molecule has 4 saturated carbocycles. The van der Waals surface area contributed by atoms with Crippen molar-refractivity contribution in [2.45, 2.75) is 57.8 Å². The summed E-state index contributed by atoms with van der Waals surface area (Å²) < 4.78 is 0. The summed E-state index contributed by atoms with van der Waals surface area (Å²) in [7, 11) is 0. The van der Waals surface area contributed by atoms with Crippen LogP contribution in [0.25, 0.3) is 0 Å². The molecule has 5 fully saturated rings. The van der Waals surface area contributed by atoms with E-state index in [0.29, 0.717) is 11.3 Å². The summed E-state index contributed by atoms with van der Waals surface area (Å²) in [4.78, 5) is 12.4. The van der Waals surface area contributed by atoms with Crippen LogP contribution in [0.15, 0.2) is 0 Å². The van der Waals surface area contributed by atoms with Gasteiger partial charge in [-0.3, -0.25) is 4.79 Å². The molecule has 2 N–H and O–H groups in total. The molecule has 21 heavy (non-hydrogen) atoms. The van der Waals surface area contributed by atoms with Gasteiger partial charge in [0.2, 0.25) is 5.91 Å². The molecular formula is C18H30N2O. The number of hydrogen-bond donors (Lipinski definition) is 2. The molecule has 5 rings (SSSR count). The second kappa shape index (κ2) is 5.57. The van der Waals surface area contributed by atoms with Crippen molar-refractivity contribution in [2.24, 2.45) is 29.1 Å². The molecule has 4 aliphatic carbocycles. The third-order valence-electron chi connectivity index (χ3n) is 6.74. The Balaban J connectivity index is 1.26. The smallest absolute Gasteiger partial charge is 0.220 e. The molecule has 1 amide bonds. The molecule has 0 aromatic rings. The highest BCUT2D eigenvalue weighted by molar-refractivity contribution is 5.76. The molecule has 3 heteroatoms. The molecule has 1 saturated heterocycles. The summed E-state index contributed by atoms with van der Waals surface area (Å²) in [6, 6.07) is 0. The molecule has 1 aliphatic heterocycles. The zero-order valence-corrected chi connectivity index (χ0v) is 13.2. The van der Waals surface area contributed by atoms with Gasteiger partial charge >= 0.3 is 0 Å². The summed E-state index contributed by atoms with van der Waals surface area (Å²) in [5.41, 5.74) is 0.397. The molecule has 0 spiro atoms. The van der Waals surface area contributed by atoms with Crippen molar-refractivity contribution in [1.29, 1.82) is 0 Å². The maximum atomic E-state index is 12.4. The Morgan fingerprint density at radius 2 is 1.76 bits per heavy atom. The van der Waals surface area contributed by atoms with Crippen LogP contribution >= 0.6 is 0 Å². The summed E-state index contributed by atoms with van der Waals surface area (Å²) in [6.07, 6.45) is 11.7. The van der Waals surface area contributed by atoms with E-state index in [2.05, 4.69) is 10.6 Å². The lowest BCUT2D eigenvalue weighted by Gasteiger charge is -2.56. The highest BCUT2D eigenvalue weighted by atomic mass is 16.1. The Morgan fingerprint density at radius 3 is 2.33 bits per heavy atom. The molecule has 0 aromatic carbocycles. The van der Waals surface area contributed by atoms with Crippen molar-refractivity contribution in [3.8, 4) is 0 Å². The molecule has 118 valence electrons. The molecular weight excluding hydrogens is 260 g/mol. The average Bonchev–Trinajstić information content (AvgIpc) is 2.89. The van der Waals surface area contributed by atoms with Crippen LogP contribution < -0.4 is 10.6 Å². The molecule has 3 nitrogen and oxygen atoms in total. The van der Waals surface area contributed by atoms with Crippen molar-refractivity contribution in [3.05, 3.63) is 0 Å². The van der Waals surface area contributed by atoms with Crippen LogP contribution in [0, 0.1) is 29.1 Å². The van der Waals surface area contributed by atoms with E-state index >= 15 is 0 Å². The first kappa shape index (κ1) is 14.0. The van der Waals surface area contributed by atoms with Gasteiger partial charge in [0.1, 0.15) is 0 Å². The predicted octanol–water partition coefficient (Wildman–Crippen LogP) is 2.71. The minimum Gasteiger partial charge on any atom is -0.356 e. The molecule has 5 aliphatic rings. The zero-order valence-electron chi connectivity index (χ0n) is 13.2. The van der Waals surface area contributed by atoms with Crippen LogP contribution in [-0.2, 0) is 4.79 Å². The first-order chi connectivity index (χ1) is 10.2. The van der Waals surface area contributed by atoms with Gasteiger partial charge in [0.15, 0.2) is 0 Å². The normalized spacial score (nSPS) is 44.2. The van der Waals surface area contributed by atoms with Gasteiger partial charge in [0, 0.05) is 13.0 Å². The van der Waals surface area contributed by atoms with Gasteiger partial charge in [-0.25, -0.2) is 0 Å². The number of nitrogens with one attached hydrogen (secondary N) is 2. The average molecular weight is 290 g/mol. The van der Waals surface area contributed by atoms with E-state index < -0.39 is 0 Å². The Kier molecular flexibility index (Phi) is 3.72. The molecule has 1 heterocycles. The fraction of sp³-hybridized carbons (Fsp3) is 0.944. The molecule has 1 unspecified atom stereocenters. The van der Waals surface area contributed by atoms with Crippen molar-refractivity contribution >= 4 is 5.91 Å². The highest BCUT2D eigenvalue weighted by Gasteiger charge is 2.51. The van der Waals surface area contributed by atoms with E-state index in [0.717, 1.165) is 56.1 Å². The fourth-order valence-corrected chi connectivity index (χ4v) is 6.29. The number of amides is 1. The maximum absolute atomic E-state index is 12.4. The third kappa shape index (κ3) is 2.99. The van der Waals surface area contributed by atoms with Gasteiger partial charge < -0.3 is 10.6 Å². The number of carbonyl (C=O) groups is 1. The summed E-state index contributed by atoms with van der Waals surface area (Å²) in [6.45, 7) is 3.19. The fourth-order valence-electron chi connectivity index (χ4n) is 6.29. The van der Waals surface area contributed by atoms with Gasteiger partial charge in [-0.05, 0) is 93.5 Å². The summed E-state index contributed by atoms with van der Waals surface area (Å²) in [5, 5.41) is 6.62. The second-order valence-electron chi connectivity index (χ2n) is 8.59. The number of carbonyl (C=O) groups excluding carboxylic acids is 1. The SMILES string of the molecule is O=C(CC12CC3CC(CC(C3)C1)C2)NCCC1CCNC1. The van der Waals surface area contributed by atoms with Crippen LogP contribution in [0.2, 0.25) is 0 Å². The Hall–Kier alpha value is -0.570. The lowest BCUT2D eigenvalue weighted by Crippen LogP contribution is -2.48. The molecule has 1 atom stereocenters. The Labute approximate surface area is 128 Å². The van der Waals surface area contributed by atoms with E-state index in [1.165, 1.54) is 44.9 Å². The largest absolute Gasteiger partial charge is 0.356 e. The number of rotatable bonds is 5. The van der Waals surface area contributed by atoms with E-state index in [4.69, 9.17) is 0 Å². The Bertz CT molecular complexity index is 365. The van der Waals surface area contributed by atoms with Crippen LogP contribution in [-0.4, -0.2) is 25.5 Å². The maximum Gasteiger partial charge on any atom is 0.220 e. The quantitative estimate of drug-likeness (QED) is 0.817. The van der Waals surface area contributed by atoms with Crippen molar-refractivity contribution in [2.75, 3.05) is 19.6 Å². The van der Waals surface area contributed by atoms with Crippen LogP contribution in [0.5, 0.6) is 0 Å². The molecule has 0 radical (unpaired) electrons. The van der Waals surface area contributed by atoms with Crippen LogP contribution in [0.3, 0.4) is 0 Å². The molecule has 4 bridgehead atoms. The van der Waals surface area contributed by atoms with Gasteiger partial charge in [-0.2, -0.15) is 0 Å². The minimum atomic E-state index is 0.336. The van der Waals surface area contributed by atoms with Gasteiger partial charge in [-0.1, -0.05) is 0 Å². The number of hydrogen-bond acceptors (Lipinski definition) is 2. The lowest BCUT2D eigenvalue weighted by molar-refractivity contribution is -0.129. The van der Waals surface area contributed by atoms with E-state index in [-0.39, 0.29) is 0 Å². The van der Waals surface area contributed by atoms with Gasteiger partial charge in [0.05, 0.1) is 0 Å². The first-order valence-electron chi connectivity index (χ1n) is 9.18. The van der Waals surface area contributed by atoms with Crippen LogP contribution in [0.4, 0.5) is 0 Å². The van der Waals surface area contributed by atoms with E-state index in [9.17, 15) is 4.79 Å². The third-order valence-corrected chi connectivity index (χ3v) is 6.74. The van der Waals surface area contributed by atoms with Crippen molar-refractivity contribution < 1.29 is 4.79 Å². The second-order valence-corrected chi connectivity index (χ2v) is 8.59. The predicted molar refractivity (Wildman–Crippen MR) is 83.8 cm³/mol. The van der Waals surface area contributed by atoms with Crippen molar-refractivity contribution in [1.82, 2.24) is 10.6 Å². The van der Waals surface area contributed by atoms with E-state index in [1.54, 1.807) is 0 Å². The van der Waals surface area contributed by atoms with Crippen molar-refractivity contribution in [3.63, 3.8) is 0 Å². The zero-order chi connectivity index (χ0) is 14.3. The summed E-state index contributed by atoms with van der Waals surface area (Å²) >= 11 is 0. The Morgan fingerprint density at radius 1 is 1.10 bits per heavy atom. The summed E-state index contributed by atoms with van der Waals surface area (Å²) in [5.74, 6) is 3.98. The lowest BCUT2D eigenvalue weighted by atomic mass is 9.49. The van der Waals surface area contributed by atoms with Crippen LogP contribution in [0.1, 0.15) is 57.8 Å². The minimum absolute atomic E-state index is 0.336. The first-order valence-corrected chi connectivity index (χ1v) is 9.18. The topological polar surface area (TPSA) is 41.1 Å². The van der Waals surface area contributed by atoms with E-state index in [1.807, 2.05) is 0 Å². The monoisotopic (exact) mass is 290 g/mol. The highest BCUT2D eigenvalue weighted by Crippen LogP contribution is 2.61. The van der Waals surface area contributed by atoms with Gasteiger partial charge in [-0.15, -0.1) is 0 Å². The standard InChI is InChI=1S/C18H30N2O/c21-17(20-4-2-13-1-3-19-12-13)11-18-8-14-5-15(9-18)7-16(6-14)10-18/h13-16,19H,1-12H2,(H,20,21). The van der Waals surface area contributed by atoms with Gasteiger partial charge in [0.25, 0.3) is 0 Å². The molecule has 0 aromatic heterocycles.